The maximum absolute atomic E-state index is 5.32. The lowest BCUT2D eigenvalue weighted by molar-refractivity contribution is 0.535. The zero-order valence-corrected chi connectivity index (χ0v) is 12.1. The van der Waals surface area contributed by atoms with E-state index in [1.54, 1.807) is 17.6 Å². The van der Waals surface area contributed by atoms with E-state index in [2.05, 4.69) is 27.6 Å². The molecule has 0 saturated heterocycles. The smallest absolute Gasteiger partial charge is 0.151 e. The van der Waals surface area contributed by atoms with Crippen molar-refractivity contribution >= 4 is 11.3 Å². The molecule has 4 nitrogen and oxygen atoms in total. The molecule has 0 aliphatic rings. The van der Waals surface area contributed by atoms with Crippen molar-refractivity contribution in [1.82, 2.24) is 15.5 Å². The molecule has 0 aliphatic heterocycles. The van der Waals surface area contributed by atoms with Gasteiger partial charge >= 0.3 is 0 Å². The van der Waals surface area contributed by atoms with Crippen LogP contribution in [0, 0.1) is 6.92 Å². The van der Waals surface area contributed by atoms with Crippen molar-refractivity contribution in [2.75, 3.05) is 7.05 Å². The molecule has 0 aliphatic carbocycles. The van der Waals surface area contributed by atoms with Crippen LogP contribution in [0.2, 0.25) is 0 Å². The zero-order valence-electron chi connectivity index (χ0n) is 11.3. The number of aromatic nitrogens is 2. The predicted molar refractivity (Wildman–Crippen MR) is 79.7 cm³/mol. The monoisotopic (exact) mass is 285 g/mol. The van der Waals surface area contributed by atoms with Crippen molar-refractivity contribution in [3.63, 3.8) is 0 Å². The molecule has 1 aromatic carbocycles. The lowest BCUT2D eigenvalue weighted by Crippen LogP contribution is -2.17. The molecule has 0 bridgehead atoms. The van der Waals surface area contributed by atoms with Crippen molar-refractivity contribution in [2.45, 2.75) is 13.0 Å². The van der Waals surface area contributed by atoms with Gasteiger partial charge in [-0.05, 0) is 25.6 Å². The maximum Gasteiger partial charge on any atom is 0.151 e. The Bertz CT molecular complexity index is 690. The Balaban J connectivity index is 1.95. The minimum atomic E-state index is 0.0645. The first-order valence-electron chi connectivity index (χ1n) is 6.39. The molecule has 2 heterocycles. The topological polar surface area (TPSA) is 51.0 Å². The molecule has 102 valence electrons. The van der Waals surface area contributed by atoms with Gasteiger partial charge in [-0.15, -0.1) is 10.2 Å². The van der Waals surface area contributed by atoms with Crippen LogP contribution < -0.4 is 5.32 Å². The second-order valence-electron chi connectivity index (χ2n) is 4.47. The van der Waals surface area contributed by atoms with Gasteiger partial charge in [0, 0.05) is 0 Å². The van der Waals surface area contributed by atoms with Crippen molar-refractivity contribution in [2.24, 2.45) is 0 Å². The van der Waals surface area contributed by atoms with Gasteiger partial charge in [0.25, 0.3) is 0 Å². The summed E-state index contributed by atoms with van der Waals surface area (Å²) in [7, 11) is 1.93. The van der Waals surface area contributed by atoms with Crippen LogP contribution in [0.1, 0.15) is 22.4 Å². The molecule has 0 amide bonds. The van der Waals surface area contributed by atoms with E-state index >= 15 is 0 Å². The fourth-order valence-electron chi connectivity index (χ4n) is 2.15. The highest BCUT2D eigenvalue weighted by Gasteiger charge is 2.18. The molecule has 2 aromatic heterocycles. The molecular weight excluding hydrogens is 270 g/mol. The summed E-state index contributed by atoms with van der Waals surface area (Å²) in [6.45, 7) is 1.93. The van der Waals surface area contributed by atoms with E-state index in [-0.39, 0.29) is 6.04 Å². The first-order valence-corrected chi connectivity index (χ1v) is 7.21. The minimum Gasteiger partial charge on any atom is -0.469 e. The standard InChI is InChI=1S/C15H15N3OS/c1-10-12(8-9-19-10)14-17-18-15(20-14)13(16-2)11-6-4-3-5-7-11/h3-9,13,16H,1-2H3. The third-order valence-electron chi connectivity index (χ3n) is 3.20. The third kappa shape index (κ3) is 2.37. The van der Waals surface area contributed by atoms with Crippen LogP contribution in [-0.2, 0) is 0 Å². The average Bonchev–Trinajstić information content (AvgIpc) is 3.10. The lowest BCUT2D eigenvalue weighted by Gasteiger charge is -2.12. The van der Waals surface area contributed by atoms with Crippen LogP contribution in [-0.4, -0.2) is 17.2 Å². The van der Waals surface area contributed by atoms with E-state index in [4.69, 9.17) is 4.42 Å². The van der Waals surface area contributed by atoms with E-state index in [1.807, 2.05) is 38.2 Å². The normalized spacial score (nSPS) is 12.5. The molecule has 0 fully saturated rings. The molecular formula is C15H15N3OS. The molecule has 3 aromatic rings. The summed E-state index contributed by atoms with van der Waals surface area (Å²) in [4.78, 5) is 0. The number of nitrogens with zero attached hydrogens (tertiary/aromatic N) is 2. The number of benzene rings is 1. The highest BCUT2D eigenvalue weighted by Crippen LogP contribution is 2.31. The Kier molecular flexibility index (Phi) is 3.62. The van der Waals surface area contributed by atoms with E-state index in [9.17, 15) is 0 Å². The molecule has 1 N–H and O–H groups in total. The molecule has 1 atom stereocenters. The van der Waals surface area contributed by atoms with Gasteiger partial charge in [-0.3, -0.25) is 0 Å². The molecule has 20 heavy (non-hydrogen) atoms. The second-order valence-corrected chi connectivity index (χ2v) is 5.48. The van der Waals surface area contributed by atoms with E-state index < -0.39 is 0 Å². The number of hydrogen-bond acceptors (Lipinski definition) is 5. The van der Waals surface area contributed by atoms with Gasteiger partial charge in [0.15, 0.2) is 5.01 Å². The van der Waals surface area contributed by atoms with Crippen LogP contribution in [0.3, 0.4) is 0 Å². The summed E-state index contributed by atoms with van der Waals surface area (Å²) in [6.07, 6.45) is 1.68. The molecule has 0 spiro atoms. The first-order chi connectivity index (χ1) is 9.79. The van der Waals surface area contributed by atoms with Crippen molar-refractivity contribution in [3.8, 4) is 10.6 Å². The highest BCUT2D eigenvalue weighted by atomic mass is 32.1. The molecule has 1 unspecified atom stereocenters. The number of hydrogen-bond donors (Lipinski definition) is 1. The molecule has 5 heteroatoms. The van der Waals surface area contributed by atoms with Crippen LogP contribution in [0.25, 0.3) is 10.6 Å². The second kappa shape index (κ2) is 5.56. The lowest BCUT2D eigenvalue weighted by atomic mass is 10.1. The van der Waals surface area contributed by atoms with Crippen LogP contribution in [0.5, 0.6) is 0 Å². The van der Waals surface area contributed by atoms with E-state index in [0.29, 0.717) is 0 Å². The van der Waals surface area contributed by atoms with Gasteiger partial charge in [-0.2, -0.15) is 0 Å². The van der Waals surface area contributed by atoms with Crippen LogP contribution in [0.4, 0.5) is 0 Å². The SMILES string of the molecule is CNC(c1ccccc1)c1nnc(-c2ccoc2C)s1. The van der Waals surface area contributed by atoms with Crippen molar-refractivity contribution < 1.29 is 4.42 Å². The van der Waals surface area contributed by atoms with Gasteiger partial charge in [-0.25, -0.2) is 0 Å². The Morgan fingerprint density at radius 3 is 2.60 bits per heavy atom. The summed E-state index contributed by atoms with van der Waals surface area (Å²) in [5.74, 6) is 0.869. The Morgan fingerprint density at radius 2 is 1.95 bits per heavy atom. The number of rotatable bonds is 4. The van der Waals surface area contributed by atoms with Gasteiger partial charge in [-0.1, -0.05) is 41.7 Å². The Morgan fingerprint density at radius 1 is 1.15 bits per heavy atom. The van der Waals surface area contributed by atoms with E-state index in [1.165, 1.54) is 5.56 Å². The summed E-state index contributed by atoms with van der Waals surface area (Å²) in [5.41, 5.74) is 2.19. The molecule has 0 radical (unpaired) electrons. The number of aryl methyl sites for hydroxylation is 1. The quantitative estimate of drug-likeness (QED) is 0.798. The largest absolute Gasteiger partial charge is 0.469 e. The highest BCUT2D eigenvalue weighted by molar-refractivity contribution is 7.14. The first kappa shape index (κ1) is 13.0. The molecule has 3 rings (SSSR count). The predicted octanol–water partition coefficient (Wildman–Crippen LogP) is 3.42. The number of furan rings is 1. The Labute approximate surface area is 121 Å². The maximum atomic E-state index is 5.32. The summed E-state index contributed by atoms with van der Waals surface area (Å²) >= 11 is 1.59. The van der Waals surface area contributed by atoms with Crippen molar-refractivity contribution in [1.29, 1.82) is 0 Å². The fourth-order valence-corrected chi connectivity index (χ4v) is 3.20. The fraction of sp³-hybridized carbons (Fsp3) is 0.200. The summed E-state index contributed by atoms with van der Waals surface area (Å²) < 4.78 is 5.32. The molecule has 0 saturated carbocycles. The number of nitrogens with one attached hydrogen (secondary N) is 1. The van der Waals surface area contributed by atoms with Crippen molar-refractivity contribution in [3.05, 3.63) is 59.0 Å². The average molecular weight is 285 g/mol. The van der Waals surface area contributed by atoms with Gasteiger partial charge < -0.3 is 9.73 Å². The third-order valence-corrected chi connectivity index (χ3v) is 4.22. The van der Waals surface area contributed by atoms with Gasteiger partial charge in [0.1, 0.15) is 10.8 Å². The zero-order chi connectivity index (χ0) is 13.9. The van der Waals surface area contributed by atoms with Gasteiger partial charge in [0.2, 0.25) is 0 Å². The minimum absolute atomic E-state index is 0.0645. The summed E-state index contributed by atoms with van der Waals surface area (Å²) in [6, 6.07) is 12.2. The van der Waals surface area contributed by atoms with Gasteiger partial charge in [0.05, 0.1) is 17.9 Å². The Hall–Kier alpha value is -1.98. The summed E-state index contributed by atoms with van der Waals surface area (Å²) in [5, 5.41) is 13.7. The van der Waals surface area contributed by atoms with Crippen LogP contribution in [0.15, 0.2) is 47.1 Å². The van der Waals surface area contributed by atoms with Crippen LogP contribution >= 0.6 is 11.3 Å². The van der Waals surface area contributed by atoms with E-state index in [0.717, 1.165) is 21.3 Å².